The summed E-state index contributed by atoms with van der Waals surface area (Å²) in [7, 11) is 3.04. The van der Waals surface area contributed by atoms with E-state index in [0.29, 0.717) is 11.8 Å². The van der Waals surface area contributed by atoms with Crippen molar-refractivity contribution in [2.45, 2.75) is 0 Å². The van der Waals surface area contributed by atoms with Gasteiger partial charge in [0.2, 0.25) is 0 Å². The Bertz CT molecular complexity index is 650. The maximum Gasteiger partial charge on any atom is 0.271 e. The van der Waals surface area contributed by atoms with Crippen LogP contribution in [0.2, 0.25) is 0 Å². The number of nitro benzene ring substituents is 1. The number of carbonyl (C=O) groups excluding carboxylic acids is 1. The van der Waals surface area contributed by atoms with Crippen molar-refractivity contribution in [3.63, 3.8) is 0 Å². The largest absolute Gasteiger partial charge is 0.495 e. The van der Waals surface area contributed by atoms with E-state index in [2.05, 4.69) is 10.1 Å². The molecule has 0 fully saturated rings. The third kappa shape index (κ3) is 2.28. The van der Waals surface area contributed by atoms with Crippen LogP contribution in [0, 0.1) is 10.1 Å². The molecular formula is C11H10N4O4. The van der Waals surface area contributed by atoms with Gasteiger partial charge in [0, 0.05) is 19.2 Å². The molecule has 0 bridgehead atoms. The zero-order valence-corrected chi connectivity index (χ0v) is 10.2. The van der Waals surface area contributed by atoms with Crippen LogP contribution in [0.4, 0.5) is 5.69 Å². The van der Waals surface area contributed by atoms with E-state index in [0.717, 1.165) is 6.07 Å². The molecule has 0 N–H and O–H groups in total. The van der Waals surface area contributed by atoms with Crippen molar-refractivity contribution >= 4 is 12.0 Å². The number of nitro groups is 1. The molecule has 1 aromatic heterocycles. The summed E-state index contributed by atoms with van der Waals surface area (Å²) in [5, 5.41) is 14.9. The Morgan fingerprint density at radius 2 is 2.21 bits per heavy atom. The van der Waals surface area contributed by atoms with Gasteiger partial charge >= 0.3 is 0 Å². The number of methoxy groups -OCH3 is 1. The lowest BCUT2D eigenvalue weighted by molar-refractivity contribution is -0.384. The fraction of sp³-hybridized carbons (Fsp3) is 0.182. The molecule has 2 aromatic rings. The Morgan fingerprint density at radius 3 is 2.68 bits per heavy atom. The lowest BCUT2D eigenvalue weighted by Gasteiger charge is -2.08. The van der Waals surface area contributed by atoms with Gasteiger partial charge in [0.15, 0.2) is 12.1 Å². The van der Waals surface area contributed by atoms with Crippen molar-refractivity contribution in [1.29, 1.82) is 0 Å². The SMILES string of the molecule is COc1c(C=O)cc([N+](=O)[O-])cc1-c1ncn(C)n1. The first kappa shape index (κ1) is 12.7. The summed E-state index contributed by atoms with van der Waals surface area (Å²) in [5.41, 5.74) is 0.170. The molecule has 0 spiro atoms. The van der Waals surface area contributed by atoms with Crippen LogP contribution in [-0.2, 0) is 7.05 Å². The number of hydrogen-bond donors (Lipinski definition) is 0. The minimum Gasteiger partial charge on any atom is -0.495 e. The molecule has 0 saturated heterocycles. The van der Waals surface area contributed by atoms with Gasteiger partial charge in [0.25, 0.3) is 5.69 Å². The fourth-order valence-electron chi connectivity index (χ4n) is 1.69. The van der Waals surface area contributed by atoms with Crippen molar-refractivity contribution in [3.8, 4) is 17.1 Å². The highest BCUT2D eigenvalue weighted by Gasteiger charge is 2.20. The highest BCUT2D eigenvalue weighted by atomic mass is 16.6. The molecule has 1 aromatic carbocycles. The summed E-state index contributed by atoms with van der Waals surface area (Å²) in [6, 6.07) is 2.43. The maximum atomic E-state index is 11.0. The second-order valence-corrected chi connectivity index (χ2v) is 3.73. The third-order valence-corrected chi connectivity index (χ3v) is 2.48. The van der Waals surface area contributed by atoms with Gasteiger partial charge in [0.05, 0.1) is 23.2 Å². The molecule has 2 rings (SSSR count). The van der Waals surface area contributed by atoms with E-state index in [9.17, 15) is 14.9 Å². The Kier molecular flexibility index (Phi) is 3.23. The molecule has 0 saturated carbocycles. The van der Waals surface area contributed by atoms with Crippen LogP contribution < -0.4 is 4.74 Å². The van der Waals surface area contributed by atoms with Gasteiger partial charge in [-0.05, 0) is 0 Å². The number of benzene rings is 1. The number of rotatable bonds is 4. The van der Waals surface area contributed by atoms with E-state index in [1.54, 1.807) is 7.05 Å². The molecule has 0 radical (unpaired) electrons. The number of aldehydes is 1. The van der Waals surface area contributed by atoms with E-state index in [1.165, 1.54) is 24.2 Å². The zero-order chi connectivity index (χ0) is 14.0. The van der Waals surface area contributed by atoms with Crippen LogP contribution >= 0.6 is 0 Å². The van der Waals surface area contributed by atoms with Crippen LogP contribution in [0.15, 0.2) is 18.5 Å². The number of hydrogen-bond acceptors (Lipinski definition) is 6. The van der Waals surface area contributed by atoms with Gasteiger partial charge in [-0.1, -0.05) is 0 Å². The minimum atomic E-state index is -0.584. The minimum absolute atomic E-state index is 0.0825. The predicted molar refractivity (Wildman–Crippen MR) is 65.0 cm³/mol. The summed E-state index contributed by atoms with van der Waals surface area (Å²) in [4.78, 5) is 25.3. The third-order valence-electron chi connectivity index (χ3n) is 2.48. The van der Waals surface area contributed by atoms with Gasteiger partial charge in [-0.3, -0.25) is 19.6 Å². The maximum absolute atomic E-state index is 11.0. The smallest absolute Gasteiger partial charge is 0.271 e. The molecule has 1 heterocycles. The molecular weight excluding hydrogens is 252 g/mol. The summed E-state index contributed by atoms with van der Waals surface area (Å²) < 4.78 is 6.58. The van der Waals surface area contributed by atoms with E-state index in [4.69, 9.17) is 4.74 Å². The first-order valence-corrected chi connectivity index (χ1v) is 5.24. The molecule has 8 nitrogen and oxygen atoms in total. The van der Waals surface area contributed by atoms with Crippen LogP contribution in [0.3, 0.4) is 0 Å². The van der Waals surface area contributed by atoms with Gasteiger partial charge in [-0.2, -0.15) is 5.10 Å². The summed E-state index contributed by atoms with van der Waals surface area (Å²) in [6.45, 7) is 0. The van der Waals surface area contributed by atoms with Gasteiger partial charge in [-0.15, -0.1) is 0 Å². The number of nitrogens with zero attached hydrogens (tertiary/aromatic N) is 4. The number of ether oxygens (including phenoxy) is 1. The number of aromatic nitrogens is 3. The highest BCUT2D eigenvalue weighted by molar-refractivity contribution is 5.86. The zero-order valence-electron chi connectivity index (χ0n) is 10.2. The Labute approximate surface area is 107 Å². The normalized spacial score (nSPS) is 10.2. The first-order valence-electron chi connectivity index (χ1n) is 5.24. The summed E-state index contributed by atoms with van der Waals surface area (Å²) >= 11 is 0. The summed E-state index contributed by atoms with van der Waals surface area (Å²) in [5.74, 6) is 0.470. The molecule has 0 unspecified atom stereocenters. The quantitative estimate of drug-likeness (QED) is 0.466. The summed E-state index contributed by atoms with van der Waals surface area (Å²) in [6.07, 6.45) is 1.95. The van der Waals surface area contributed by atoms with Crippen LogP contribution in [0.25, 0.3) is 11.4 Å². The van der Waals surface area contributed by atoms with E-state index in [1.807, 2.05) is 0 Å². The van der Waals surface area contributed by atoms with E-state index < -0.39 is 4.92 Å². The molecule has 0 atom stereocenters. The van der Waals surface area contributed by atoms with E-state index >= 15 is 0 Å². The molecule has 98 valence electrons. The number of non-ortho nitro benzene ring substituents is 1. The Hall–Kier alpha value is -2.77. The van der Waals surface area contributed by atoms with E-state index in [-0.39, 0.29) is 22.8 Å². The average molecular weight is 262 g/mol. The molecule has 8 heteroatoms. The predicted octanol–water partition coefficient (Wildman–Crippen LogP) is 1.21. The van der Waals surface area contributed by atoms with Crippen LogP contribution in [0.1, 0.15) is 10.4 Å². The second kappa shape index (κ2) is 4.84. The molecule has 19 heavy (non-hydrogen) atoms. The molecule has 0 aliphatic rings. The van der Waals surface area contributed by atoms with Gasteiger partial charge in [-0.25, -0.2) is 4.98 Å². The fourth-order valence-corrected chi connectivity index (χ4v) is 1.69. The molecule has 0 aliphatic heterocycles. The van der Waals surface area contributed by atoms with Crippen molar-refractivity contribution in [1.82, 2.24) is 14.8 Å². The van der Waals surface area contributed by atoms with Crippen LogP contribution in [0.5, 0.6) is 5.75 Å². The second-order valence-electron chi connectivity index (χ2n) is 3.73. The standard InChI is InChI=1S/C11H10N4O4/c1-14-6-12-11(13-14)9-4-8(15(17)18)3-7(5-16)10(9)19-2/h3-6H,1-2H3. The monoisotopic (exact) mass is 262 g/mol. The molecule has 0 amide bonds. The number of carbonyl (C=O) groups is 1. The number of aryl methyl sites for hydroxylation is 1. The Morgan fingerprint density at radius 1 is 1.47 bits per heavy atom. The van der Waals surface area contributed by atoms with Crippen molar-refractivity contribution < 1.29 is 14.5 Å². The average Bonchev–Trinajstić information content (AvgIpc) is 2.83. The Balaban J connectivity index is 2.72. The highest BCUT2D eigenvalue weighted by Crippen LogP contribution is 2.34. The van der Waals surface area contributed by atoms with Crippen molar-refractivity contribution in [2.75, 3.05) is 7.11 Å². The van der Waals surface area contributed by atoms with Crippen molar-refractivity contribution in [3.05, 3.63) is 34.1 Å². The van der Waals surface area contributed by atoms with Crippen molar-refractivity contribution in [2.24, 2.45) is 7.05 Å². The van der Waals surface area contributed by atoms with Gasteiger partial charge < -0.3 is 4.74 Å². The topological polar surface area (TPSA) is 100 Å². The van der Waals surface area contributed by atoms with Gasteiger partial charge in [0.1, 0.15) is 12.1 Å². The first-order chi connectivity index (χ1) is 9.06. The lowest BCUT2D eigenvalue weighted by Crippen LogP contribution is -1.99. The molecule has 0 aliphatic carbocycles. The van der Waals surface area contributed by atoms with Crippen LogP contribution in [-0.4, -0.2) is 33.1 Å². The lowest BCUT2D eigenvalue weighted by atomic mass is 10.1.